The maximum Gasteiger partial charge on any atom is 0.254 e. The topological polar surface area (TPSA) is 189 Å². The lowest BCUT2D eigenvalue weighted by molar-refractivity contribution is 0.0535. The van der Waals surface area contributed by atoms with Gasteiger partial charge in [-0.25, -0.2) is 8.78 Å². The number of aromatic hydroxyl groups is 1. The molecular weight excluding hydrogens is 895 g/mol. The average molecular weight is 941 g/mol. The molecule has 0 atom stereocenters. The van der Waals surface area contributed by atoms with E-state index in [1.54, 1.807) is 68.7 Å². The SMILES string of the molecule is COc1ccc(O)c(C(=O)c2ccc(C(=O)N3CCN(C(=O)c4ccncc4)CC3)cc2)c1F.COc1ccc(OC)c(C(=O)c2ccc(C(=O)N3CCN(C(=O)c4ccncc4)CC3)cc2)c1F. The van der Waals surface area contributed by atoms with Gasteiger partial charge in [-0.3, -0.25) is 38.7 Å². The van der Waals surface area contributed by atoms with Gasteiger partial charge in [0.15, 0.2) is 34.7 Å². The van der Waals surface area contributed by atoms with Crippen molar-refractivity contribution >= 4 is 35.2 Å². The smallest absolute Gasteiger partial charge is 0.254 e. The summed E-state index contributed by atoms with van der Waals surface area (Å²) >= 11 is 0. The van der Waals surface area contributed by atoms with Gasteiger partial charge in [-0.1, -0.05) is 24.3 Å². The summed E-state index contributed by atoms with van der Waals surface area (Å²) in [6, 6.07) is 23.7. The van der Waals surface area contributed by atoms with E-state index in [4.69, 9.17) is 14.2 Å². The van der Waals surface area contributed by atoms with Crippen LogP contribution in [-0.4, -0.2) is 144 Å². The van der Waals surface area contributed by atoms with Gasteiger partial charge in [0, 0.05) is 111 Å². The van der Waals surface area contributed by atoms with Crippen molar-refractivity contribution in [2.45, 2.75) is 0 Å². The van der Waals surface area contributed by atoms with Crippen LogP contribution >= 0.6 is 0 Å². The van der Waals surface area contributed by atoms with E-state index in [-0.39, 0.29) is 57.6 Å². The van der Waals surface area contributed by atoms with Crippen LogP contribution in [0.25, 0.3) is 0 Å². The predicted molar refractivity (Wildman–Crippen MR) is 246 cm³/mol. The Bertz CT molecular complexity index is 2850. The van der Waals surface area contributed by atoms with E-state index in [1.807, 2.05) is 0 Å². The average Bonchev–Trinajstić information content (AvgIpc) is 3.40. The van der Waals surface area contributed by atoms with Gasteiger partial charge >= 0.3 is 0 Å². The van der Waals surface area contributed by atoms with Crippen molar-refractivity contribution in [1.82, 2.24) is 29.6 Å². The molecule has 354 valence electrons. The number of benzene rings is 4. The fourth-order valence-electron chi connectivity index (χ4n) is 7.76. The normalized spacial score (nSPS) is 13.4. The number of pyridine rings is 2. The third-order valence-electron chi connectivity index (χ3n) is 11.6. The quantitative estimate of drug-likeness (QED) is 0.153. The number of ether oxygens (including phenoxy) is 3. The molecule has 2 aliphatic rings. The minimum Gasteiger partial charge on any atom is -0.507 e. The molecule has 8 rings (SSSR count). The molecule has 69 heavy (non-hydrogen) atoms. The number of hydrogen-bond acceptors (Lipinski definition) is 12. The van der Waals surface area contributed by atoms with Crippen LogP contribution in [0, 0.1) is 11.6 Å². The highest BCUT2D eigenvalue weighted by Crippen LogP contribution is 2.32. The first-order chi connectivity index (χ1) is 33.3. The van der Waals surface area contributed by atoms with Crippen LogP contribution in [0.4, 0.5) is 8.78 Å². The number of amides is 4. The number of rotatable bonds is 11. The standard InChI is InChI=1S/C26H24FN3O5.C25H22FN3O5/c1-34-20-7-8-21(35-2)23(27)22(20)24(31)17-3-5-18(6-4-17)25(32)29-13-15-30(16-14-29)26(33)19-9-11-28-12-10-19;1-34-20-7-6-19(30)21(22(20)26)23(31)16-2-4-17(5-3-16)24(32)28-12-14-29(15-13-28)25(33)18-8-10-27-11-9-18/h3-12H,13-16H2,1-2H3;2-11,30H,12-15H2,1H3. The number of phenols is 1. The van der Waals surface area contributed by atoms with Crippen LogP contribution in [0.5, 0.6) is 23.0 Å². The Balaban J connectivity index is 0.000000204. The number of halogens is 2. The molecule has 4 aromatic carbocycles. The molecule has 0 unspecified atom stereocenters. The second kappa shape index (κ2) is 21.8. The van der Waals surface area contributed by atoms with Gasteiger partial charge in [0.1, 0.15) is 22.6 Å². The van der Waals surface area contributed by atoms with E-state index in [9.17, 15) is 42.7 Å². The molecule has 2 fully saturated rings. The number of methoxy groups -OCH3 is 3. The van der Waals surface area contributed by atoms with Crippen molar-refractivity contribution in [2.75, 3.05) is 73.7 Å². The minimum absolute atomic E-state index is 0.0671. The molecule has 0 aliphatic carbocycles. The monoisotopic (exact) mass is 940 g/mol. The fourth-order valence-corrected chi connectivity index (χ4v) is 7.76. The molecule has 2 saturated heterocycles. The van der Waals surface area contributed by atoms with Crippen molar-refractivity contribution in [3.8, 4) is 23.0 Å². The van der Waals surface area contributed by atoms with Crippen molar-refractivity contribution in [2.24, 2.45) is 0 Å². The Kier molecular flexibility index (Phi) is 15.3. The largest absolute Gasteiger partial charge is 0.507 e. The summed E-state index contributed by atoms with van der Waals surface area (Å²) in [4.78, 5) is 91.3. The Hall–Kier alpha value is -8.54. The first-order valence-corrected chi connectivity index (χ1v) is 21.6. The minimum atomic E-state index is -0.952. The Morgan fingerprint density at radius 3 is 1.03 bits per heavy atom. The molecule has 2 aromatic heterocycles. The number of ketones is 2. The Morgan fingerprint density at radius 1 is 0.406 bits per heavy atom. The van der Waals surface area contributed by atoms with Crippen LogP contribution in [-0.2, 0) is 0 Å². The highest BCUT2D eigenvalue weighted by atomic mass is 19.1. The summed E-state index contributed by atoms with van der Waals surface area (Å²) in [7, 11) is 3.93. The predicted octanol–water partition coefficient (Wildman–Crippen LogP) is 5.83. The number of nitrogens with zero attached hydrogens (tertiary/aromatic N) is 6. The molecule has 0 saturated carbocycles. The lowest BCUT2D eigenvalue weighted by Gasteiger charge is -2.34. The second-order valence-corrected chi connectivity index (χ2v) is 15.6. The van der Waals surface area contributed by atoms with Gasteiger partial charge in [0.05, 0.1) is 21.3 Å². The number of carbonyl (C=O) groups is 6. The number of aromatic nitrogens is 2. The summed E-state index contributed by atoms with van der Waals surface area (Å²) < 4.78 is 44.3. The molecule has 0 radical (unpaired) electrons. The fraction of sp³-hybridized carbons (Fsp3) is 0.216. The molecular formula is C51H46F2N6O10. The summed E-state index contributed by atoms with van der Waals surface area (Å²) in [6.07, 6.45) is 6.26. The Labute approximate surface area is 395 Å². The van der Waals surface area contributed by atoms with Crippen molar-refractivity contribution in [3.05, 3.63) is 178 Å². The summed E-state index contributed by atoms with van der Waals surface area (Å²) in [5.41, 5.74) is 1.47. The lowest BCUT2D eigenvalue weighted by atomic mass is 10.00. The van der Waals surface area contributed by atoms with E-state index in [0.717, 1.165) is 0 Å². The second-order valence-electron chi connectivity index (χ2n) is 15.6. The van der Waals surface area contributed by atoms with Crippen LogP contribution < -0.4 is 14.2 Å². The molecule has 6 aromatic rings. The number of phenolic OH excluding ortho intramolecular Hbond substituents is 1. The third-order valence-corrected chi connectivity index (χ3v) is 11.6. The van der Waals surface area contributed by atoms with Crippen LogP contribution in [0.15, 0.2) is 122 Å². The van der Waals surface area contributed by atoms with Gasteiger partial charge < -0.3 is 38.9 Å². The van der Waals surface area contributed by atoms with Gasteiger partial charge in [-0.05, 0) is 72.8 Å². The molecule has 4 amide bonds. The molecule has 0 spiro atoms. The lowest BCUT2D eigenvalue weighted by Crippen LogP contribution is -2.50. The van der Waals surface area contributed by atoms with E-state index >= 15 is 0 Å². The first kappa shape index (κ1) is 48.4. The number of hydrogen-bond donors (Lipinski definition) is 1. The van der Waals surface area contributed by atoms with Gasteiger partial charge in [0.25, 0.3) is 23.6 Å². The number of piperazine rings is 2. The van der Waals surface area contributed by atoms with Crippen LogP contribution in [0.2, 0.25) is 0 Å². The van der Waals surface area contributed by atoms with Crippen LogP contribution in [0.3, 0.4) is 0 Å². The van der Waals surface area contributed by atoms with Gasteiger partial charge in [-0.2, -0.15) is 0 Å². The highest BCUT2D eigenvalue weighted by Gasteiger charge is 2.29. The summed E-state index contributed by atoms with van der Waals surface area (Å²) in [5.74, 6) is -4.34. The van der Waals surface area contributed by atoms with Crippen LogP contribution in [0.1, 0.15) is 73.3 Å². The highest BCUT2D eigenvalue weighted by molar-refractivity contribution is 6.12. The van der Waals surface area contributed by atoms with E-state index in [2.05, 4.69) is 9.97 Å². The van der Waals surface area contributed by atoms with Crippen molar-refractivity contribution < 1.29 is 56.9 Å². The zero-order chi connectivity index (χ0) is 49.2. The molecule has 2 aliphatic heterocycles. The first-order valence-electron chi connectivity index (χ1n) is 21.6. The van der Waals surface area contributed by atoms with Gasteiger partial charge in [-0.15, -0.1) is 0 Å². The third kappa shape index (κ3) is 10.7. The van der Waals surface area contributed by atoms with Crippen molar-refractivity contribution in [3.63, 3.8) is 0 Å². The summed E-state index contributed by atoms with van der Waals surface area (Å²) in [6.45, 7) is 3.16. The zero-order valence-electron chi connectivity index (χ0n) is 37.8. The van der Waals surface area contributed by atoms with E-state index < -0.39 is 34.5 Å². The molecule has 16 nitrogen and oxygen atoms in total. The molecule has 1 N–H and O–H groups in total. The van der Waals surface area contributed by atoms with Gasteiger partial charge in [0.2, 0.25) is 0 Å². The summed E-state index contributed by atoms with van der Waals surface area (Å²) in [5, 5.41) is 9.98. The maximum absolute atomic E-state index is 14.8. The maximum atomic E-state index is 14.8. The van der Waals surface area contributed by atoms with E-state index in [0.29, 0.717) is 74.6 Å². The molecule has 18 heteroatoms. The number of carbonyl (C=O) groups excluding carboxylic acids is 6. The Morgan fingerprint density at radius 2 is 0.681 bits per heavy atom. The molecule has 4 heterocycles. The van der Waals surface area contributed by atoms with Crippen molar-refractivity contribution in [1.29, 1.82) is 0 Å². The molecule has 0 bridgehead atoms. The zero-order valence-corrected chi connectivity index (χ0v) is 37.8. The van der Waals surface area contributed by atoms with E-state index in [1.165, 1.54) is 94.1 Å².